The number of benzene rings is 3. The lowest BCUT2D eigenvalue weighted by Crippen LogP contribution is -2.10. The maximum Gasteiger partial charge on any atom is 0.341 e. The van der Waals surface area contributed by atoms with Crippen LogP contribution in [0.1, 0.15) is 28.7 Å². The predicted molar refractivity (Wildman–Crippen MR) is 123 cm³/mol. The number of rotatable bonds is 9. The highest BCUT2D eigenvalue weighted by Gasteiger charge is 2.20. The molecular formula is C25H24FNO4S. The largest absolute Gasteiger partial charge is 0.487 e. The second-order valence-electron chi connectivity index (χ2n) is 7.63. The maximum atomic E-state index is 13.3. The van der Waals surface area contributed by atoms with Crippen LogP contribution in [0.5, 0.6) is 11.5 Å². The number of halogens is 1. The van der Waals surface area contributed by atoms with E-state index in [0.717, 1.165) is 41.7 Å². The molecule has 32 heavy (non-hydrogen) atoms. The highest BCUT2D eigenvalue weighted by atomic mass is 32.2. The zero-order valence-electron chi connectivity index (χ0n) is 17.5. The molecular weight excluding hydrogens is 429 g/mol. The molecule has 0 unspecified atom stereocenters. The van der Waals surface area contributed by atoms with E-state index in [1.165, 1.54) is 22.6 Å². The highest BCUT2D eigenvalue weighted by Crippen LogP contribution is 2.39. The van der Waals surface area contributed by atoms with Crippen LogP contribution in [0.25, 0.3) is 0 Å². The summed E-state index contributed by atoms with van der Waals surface area (Å²) in [6.07, 6.45) is 2.92. The van der Waals surface area contributed by atoms with Gasteiger partial charge in [0.05, 0.1) is 5.69 Å². The van der Waals surface area contributed by atoms with Crippen molar-refractivity contribution in [3.63, 3.8) is 0 Å². The summed E-state index contributed by atoms with van der Waals surface area (Å²) < 4.78 is 24.5. The zero-order chi connectivity index (χ0) is 22.5. The molecule has 0 amide bonds. The molecule has 0 saturated carbocycles. The van der Waals surface area contributed by atoms with Crippen LogP contribution in [0.2, 0.25) is 0 Å². The van der Waals surface area contributed by atoms with E-state index in [1.807, 2.05) is 30.3 Å². The van der Waals surface area contributed by atoms with E-state index in [-0.39, 0.29) is 19.0 Å². The molecule has 4 rings (SSSR count). The number of fused-ring (bicyclic) bond motifs is 1. The van der Waals surface area contributed by atoms with Crippen molar-refractivity contribution in [1.82, 2.24) is 0 Å². The lowest BCUT2D eigenvalue weighted by atomic mass is 10.1. The van der Waals surface area contributed by atoms with Crippen molar-refractivity contribution in [3.8, 4) is 11.5 Å². The fourth-order valence-electron chi connectivity index (χ4n) is 3.82. The Morgan fingerprint density at radius 3 is 2.59 bits per heavy atom. The summed E-state index contributed by atoms with van der Waals surface area (Å²) in [6, 6.07) is 15.9. The number of anilines is 1. The topological polar surface area (TPSA) is 81.8 Å². The minimum atomic E-state index is -0.976. The van der Waals surface area contributed by atoms with Gasteiger partial charge in [-0.15, -0.1) is 11.8 Å². The van der Waals surface area contributed by atoms with Crippen molar-refractivity contribution < 1.29 is 23.8 Å². The minimum absolute atomic E-state index is 0.249. The lowest BCUT2D eigenvalue weighted by molar-refractivity contribution is -0.139. The smallest absolute Gasteiger partial charge is 0.341 e. The molecule has 5 nitrogen and oxygen atoms in total. The van der Waals surface area contributed by atoms with E-state index in [0.29, 0.717) is 17.2 Å². The number of hydrogen-bond acceptors (Lipinski definition) is 5. The fourth-order valence-corrected chi connectivity index (χ4v) is 4.88. The van der Waals surface area contributed by atoms with E-state index in [9.17, 15) is 9.18 Å². The van der Waals surface area contributed by atoms with Crippen LogP contribution in [0.3, 0.4) is 0 Å². The molecule has 0 fully saturated rings. The molecule has 0 spiro atoms. The van der Waals surface area contributed by atoms with Crippen molar-refractivity contribution in [2.75, 3.05) is 12.3 Å². The first kappa shape index (κ1) is 22.0. The van der Waals surface area contributed by atoms with Gasteiger partial charge in [0.15, 0.2) is 6.61 Å². The van der Waals surface area contributed by atoms with Crippen molar-refractivity contribution in [2.45, 2.75) is 36.5 Å². The summed E-state index contributed by atoms with van der Waals surface area (Å²) in [5.41, 5.74) is 10.9. The molecule has 0 bridgehead atoms. The van der Waals surface area contributed by atoms with Crippen molar-refractivity contribution in [3.05, 3.63) is 82.7 Å². The standard InChI is InChI=1S/C25H24FNO4S/c26-18-4-1-3-16(11-18)13-30-23-8-7-17(12-21(23)27)15-32-24-10-9-22(31-14-25(28)29)19-5-2-6-20(19)24/h1,3-4,7-12H,2,5-6,13-15,27H2,(H,28,29). The van der Waals surface area contributed by atoms with E-state index in [4.69, 9.17) is 20.3 Å². The molecule has 0 atom stereocenters. The molecule has 1 aliphatic carbocycles. The number of ether oxygens (including phenoxy) is 2. The Kier molecular flexibility index (Phi) is 6.85. The van der Waals surface area contributed by atoms with Gasteiger partial charge in [-0.25, -0.2) is 9.18 Å². The van der Waals surface area contributed by atoms with Crippen LogP contribution < -0.4 is 15.2 Å². The second-order valence-corrected chi connectivity index (χ2v) is 8.65. The summed E-state index contributed by atoms with van der Waals surface area (Å²) in [7, 11) is 0. The number of aliphatic carboxylic acids is 1. The van der Waals surface area contributed by atoms with Gasteiger partial charge in [0.25, 0.3) is 0 Å². The second kappa shape index (κ2) is 9.96. The highest BCUT2D eigenvalue weighted by molar-refractivity contribution is 7.98. The Bertz CT molecular complexity index is 1130. The molecule has 1 aliphatic rings. The number of nitrogen functional groups attached to an aromatic ring is 1. The summed E-state index contributed by atoms with van der Waals surface area (Å²) >= 11 is 1.73. The Balaban J connectivity index is 1.39. The van der Waals surface area contributed by atoms with Crippen molar-refractivity contribution >= 4 is 23.4 Å². The van der Waals surface area contributed by atoms with Crippen LogP contribution in [-0.2, 0) is 30.0 Å². The first-order chi connectivity index (χ1) is 15.5. The minimum Gasteiger partial charge on any atom is -0.487 e. The molecule has 0 aliphatic heterocycles. The zero-order valence-corrected chi connectivity index (χ0v) is 18.3. The quantitative estimate of drug-likeness (QED) is 0.341. The first-order valence-corrected chi connectivity index (χ1v) is 11.4. The Morgan fingerprint density at radius 2 is 1.81 bits per heavy atom. The van der Waals surface area contributed by atoms with Gasteiger partial charge in [0, 0.05) is 10.6 Å². The molecule has 3 aromatic rings. The number of nitrogens with two attached hydrogens (primary N) is 1. The molecule has 0 saturated heterocycles. The fraction of sp³-hybridized carbons (Fsp3) is 0.240. The molecule has 0 aromatic heterocycles. The first-order valence-electron chi connectivity index (χ1n) is 10.4. The molecule has 0 heterocycles. The van der Waals surface area contributed by atoms with Gasteiger partial charge in [0.2, 0.25) is 0 Å². The third kappa shape index (κ3) is 5.34. The molecule has 7 heteroatoms. The van der Waals surface area contributed by atoms with Crippen LogP contribution in [0.15, 0.2) is 59.5 Å². The van der Waals surface area contributed by atoms with Gasteiger partial charge in [-0.05, 0) is 77.9 Å². The van der Waals surface area contributed by atoms with Crippen LogP contribution in [0, 0.1) is 5.82 Å². The Labute approximate surface area is 190 Å². The number of carboxylic acids is 1. The van der Waals surface area contributed by atoms with Gasteiger partial charge >= 0.3 is 5.97 Å². The maximum absolute atomic E-state index is 13.3. The predicted octanol–water partition coefficient (Wildman–Crippen LogP) is 5.23. The summed E-state index contributed by atoms with van der Waals surface area (Å²) in [6.45, 7) is -0.0790. The van der Waals surface area contributed by atoms with Crippen LogP contribution in [-0.4, -0.2) is 17.7 Å². The number of carboxylic acid groups (broad SMARTS) is 1. The number of thioether (sulfide) groups is 1. The van der Waals surface area contributed by atoms with E-state index in [2.05, 4.69) is 0 Å². The Morgan fingerprint density at radius 1 is 1.00 bits per heavy atom. The molecule has 0 radical (unpaired) electrons. The Hall–Kier alpha value is -3.19. The monoisotopic (exact) mass is 453 g/mol. The van der Waals surface area contributed by atoms with Crippen LogP contribution >= 0.6 is 11.8 Å². The molecule has 166 valence electrons. The average molecular weight is 454 g/mol. The van der Waals surface area contributed by atoms with E-state index in [1.54, 1.807) is 23.9 Å². The van der Waals surface area contributed by atoms with E-state index >= 15 is 0 Å². The molecule has 3 aromatic carbocycles. The van der Waals surface area contributed by atoms with Crippen LogP contribution in [0.4, 0.5) is 10.1 Å². The van der Waals surface area contributed by atoms with E-state index < -0.39 is 5.97 Å². The van der Waals surface area contributed by atoms with Gasteiger partial charge in [-0.2, -0.15) is 0 Å². The van der Waals surface area contributed by atoms with Crippen molar-refractivity contribution in [2.24, 2.45) is 0 Å². The SMILES string of the molecule is Nc1cc(CSc2ccc(OCC(=O)O)c3c2CCC3)ccc1OCc1cccc(F)c1. The summed E-state index contributed by atoms with van der Waals surface area (Å²) in [5, 5.41) is 8.87. The summed E-state index contributed by atoms with van der Waals surface area (Å²) in [4.78, 5) is 12.0. The molecule has 3 N–H and O–H groups in total. The number of carbonyl (C=O) groups is 1. The van der Waals surface area contributed by atoms with Gasteiger partial charge in [-0.3, -0.25) is 0 Å². The normalized spacial score (nSPS) is 12.4. The average Bonchev–Trinajstić information content (AvgIpc) is 3.26. The van der Waals surface area contributed by atoms with Gasteiger partial charge < -0.3 is 20.3 Å². The third-order valence-corrected chi connectivity index (χ3v) is 6.47. The van der Waals surface area contributed by atoms with Gasteiger partial charge in [-0.1, -0.05) is 18.2 Å². The third-order valence-electron chi connectivity index (χ3n) is 5.30. The summed E-state index contributed by atoms with van der Waals surface area (Å²) in [5.74, 6) is 0.726. The lowest BCUT2D eigenvalue weighted by Gasteiger charge is -2.14. The number of hydrogen-bond donors (Lipinski definition) is 2. The van der Waals surface area contributed by atoms with Gasteiger partial charge in [0.1, 0.15) is 23.9 Å². The van der Waals surface area contributed by atoms with Crippen molar-refractivity contribution in [1.29, 1.82) is 0 Å².